The van der Waals surface area contributed by atoms with Crippen LogP contribution in [0.4, 0.5) is 5.69 Å². The zero-order chi connectivity index (χ0) is 19.5. The van der Waals surface area contributed by atoms with E-state index in [4.69, 9.17) is 27.9 Å². The van der Waals surface area contributed by atoms with Crippen LogP contribution < -0.4 is 15.4 Å². The molecule has 9 heteroatoms. The summed E-state index contributed by atoms with van der Waals surface area (Å²) in [5.74, 6) is 0.304. The lowest BCUT2D eigenvalue weighted by molar-refractivity contribution is 0.102. The molecule has 0 radical (unpaired) electrons. The minimum absolute atomic E-state index is 0. The van der Waals surface area contributed by atoms with E-state index in [-0.39, 0.29) is 25.0 Å². The van der Waals surface area contributed by atoms with Gasteiger partial charge in [-0.05, 0) is 48.4 Å². The summed E-state index contributed by atoms with van der Waals surface area (Å²) in [5.41, 5.74) is 3.68. The first kappa shape index (κ1) is 21.5. The van der Waals surface area contributed by atoms with Crippen molar-refractivity contribution in [3.8, 4) is 5.75 Å². The maximum atomic E-state index is 12.5. The number of hydrogen-bond acceptors (Lipinski definition) is 4. The van der Waals surface area contributed by atoms with E-state index in [9.17, 15) is 4.79 Å². The fourth-order valence-electron chi connectivity index (χ4n) is 3.04. The van der Waals surface area contributed by atoms with Crippen molar-refractivity contribution in [2.24, 2.45) is 0 Å². The van der Waals surface area contributed by atoms with Gasteiger partial charge in [0, 0.05) is 23.2 Å². The summed E-state index contributed by atoms with van der Waals surface area (Å²) in [7, 11) is 0. The number of nitrogens with zero attached hydrogens (tertiary/aromatic N) is 2. The Kier molecular flexibility index (Phi) is 7.03. The molecule has 1 amide bonds. The van der Waals surface area contributed by atoms with E-state index in [1.165, 1.54) is 11.1 Å². The number of aromatic nitrogens is 2. The Morgan fingerprint density at radius 1 is 1.21 bits per heavy atom. The Hall–Kier alpha value is -2.25. The third-order valence-corrected chi connectivity index (χ3v) is 5.04. The van der Waals surface area contributed by atoms with Crippen LogP contribution in [0.15, 0.2) is 48.8 Å². The Labute approximate surface area is 184 Å². The fraction of sp³-hybridized carbons (Fsp3) is 0.200. The molecule has 0 saturated heterocycles. The lowest BCUT2D eigenvalue weighted by Gasteiger charge is -2.17. The molecule has 2 heterocycles. The first-order valence-corrected chi connectivity index (χ1v) is 9.58. The Morgan fingerprint density at radius 2 is 2.07 bits per heavy atom. The molecule has 0 fully saturated rings. The molecule has 0 spiro atoms. The average Bonchev–Trinajstić information content (AvgIpc) is 3.15. The Balaban J connectivity index is 0.00000240. The van der Waals surface area contributed by atoms with Gasteiger partial charge < -0.3 is 15.4 Å². The van der Waals surface area contributed by atoms with Crippen molar-refractivity contribution in [3.63, 3.8) is 0 Å². The second kappa shape index (κ2) is 9.50. The van der Waals surface area contributed by atoms with Crippen LogP contribution in [0.25, 0.3) is 0 Å². The van der Waals surface area contributed by atoms with Crippen molar-refractivity contribution in [1.29, 1.82) is 0 Å². The quantitative estimate of drug-likeness (QED) is 0.595. The predicted octanol–water partition coefficient (Wildman–Crippen LogP) is 4.55. The molecule has 6 nitrogen and oxygen atoms in total. The first-order chi connectivity index (χ1) is 13.6. The fourth-order valence-corrected chi connectivity index (χ4v) is 3.38. The normalized spacial score (nSPS) is 12.6. The van der Waals surface area contributed by atoms with Crippen LogP contribution in [-0.2, 0) is 19.7 Å². The smallest absolute Gasteiger partial charge is 0.255 e. The van der Waals surface area contributed by atoms with E-state index in [0.717, 1.165) is 19.5 Å². The number of carbonyl (C=O) groups excluding carboxylic acids is 1. The van der Waals surface area contributed by atoms with Gasteiger partial charge in [0.15, 0.2) is 6.73 Å². The molecule has 1 aliphatic rings. The summed E-state index contributed by atoms with van der Waals surface area (Å²) in [4.78, 5) is 12.5. The van der Waals surface area contributed by atoms with Crippen molar-refractivity contribution >= 4 is 47.2 Å². The lowest BCUT2D eigenvalue weighted by atomic mass is 9.98. The second-order valence-electron chi connectivity index (χ2n) is 6.48. The minimum atomic E-state index is -0.167. The van der Waals surface area contributed by atoms with Crippen LogP contribution in [0.2, 0.25) is 10.0 Å². The molecular weight excluding hydrogens is 435 g/mol. The number of carbonyl (C=O) groups is 1. The number of hydrogen-bond donors (Lipinski definition) is 2. The number of ether oxygens (including phenoxy) is 1. The molecule has 152 valence electrons. The van der Waals surface area contributed by atoms with Crippen molar-refractivity contribution < 1.29 is 9.53 Å². The largest absolute Gasteiger partial charge is 0.470 e. The zero-order valence-corrected chi connectivity index (χ0v) is 17.7. The lowest BCUT2D eigenvalue weighted by Crippen LogP contribution is -2.24. The molecule has 2 N–H and O–H groups in total. The number of rotatable bonds is 5. The monoisotopic (exact) mass is 452 g/mol. The molecule has 4 rings (SSSR count). The number of anilines is 1. The maximum absolute atomic E-state index is 12.5. The van der Waals surface area contributed by atoms with Gasteiger partial charge in [-0.3, -0.25) is 4.79 Å². The van der Waals surface area contributed by atoms with Crippen LogP contribution >= 0.6 is 35.6 Å². The van der Waals surface area contributed by atoms with E-state index in [2.05, 4.69) is 15.7 Å². The molecule has 2 aromatic carbocycles. The number of benzene rings is 2. The number of nitrogens with one attached hydrogen (secondary N) is 2. The summed E-state index contributed by atoms with van der Waals surface area (Å²) in [6.45, 7) is 1.92. The Morgan fingerprint density at radius 3 is 2.93 bits per heavy atom. The highest BCUT2D eigenvalue weighted by molar-refractivity contribution is 6.34. The van der Waals surface area contributed by atoms with E-state index in [0.29, 0.717) is 27.0 Å². The molecule has 29 heavy (non-hydrogen) atoms. The van der Waals surface area contributed by atoms with Gasteiger partial charge >= 0.3 is 0 Å². The van der Waals surface area contributed by atoms with Gasteiger partial charge in [0.2, 0.25) is 0 Å². The van der Waals surface area contributed by atoms with Crippen LogP contribution in [-0.4, -0.2) is 22.2 Å². The third kappa shape index (κ3) is 5.22. The van der Waals surface area contributed by atoms with Crippen LogP contribution in [0.3, 0.4) is 0 Å². The summed E-state index contributed by atoms with van der Waals surface area (Å²) < 4.78 is 7.20. The van der Waals surface area contributed by atoms with Gasteiger partial charge in [0.1, 0.15) is 5.75 Å². The van der Waals surface area contributed by atoms with Crippen molar-refractivity contribution in [1.82, 2.24) is 15.1 Å². The number of halogens is 3. The molecule has 0 bridgehead atoms. The molecule has 0 saturated carbocycles. The standard InChI is InChI=1S/C20H18Cl2N4O2.ClH/c21-16-3-4-18(22)19(8-16)28-12-26-11-17(10-24-26)25-20(27)14-1-2-15-9-23-6-5-13(15)7-14;/h1-4,7-8,10-11,23H,5-6,9,12H2,(H,25,27);1H. The molecule has 0 atom stereocenters. The van der Waals surface area contributed by atoms with E-state index < -0.39 is 0 Å². The molecular formula is C20H19Cl3N4O2. The van der Waals surface area contributed by atoms with Crippen molar-refractivity contribution in [2.75, 3.05) is 11.9 Å². The van der Waals surface area contributed by atoms with Crippen LogP contribution in [0, 0.1) is 0 Å². The van der Waals surface area contributed by atoms with Gasteiger partial charge in [-0.2, -0.15) is 5.10 Å². The highest BCUT2D eigenvalue weighted by Gasteiger charge is 2.13. The molecule has 1 aromatic heterocycles. The van der Waals surface area contributed by atoms with Crippen LogP contribution in [0.5, 0.6) is 5.75 Å². The average molecular weight is 454 g/mol. The summed E-state index contributed by atoms with van der Waals surface area (Å²) in [6.07, 6.45) is 4.19. The van der Waals surface area contributed by atoms with E-state index in [1.54, 1.807) is 35.3 Å². The molecule has 0 aliphatic carbocycles. The summed E-state index contributed by atoms with van der Waals surface area (Å²) in [6, 6.07) is 10.8. The number of fused-ring (bicyclic) bond motifs is 1. The van der Waals surface area contributed by atoms with Gasteiger partial charge in [0.25, 0.3) is 5.91 Å². The SMILES string of the molecule is Cl.O=C(Nc1cnn(COc2cc(Cl)ccc2Cl)c1)c1ccc2c(c1)CCNC2. The summed E-state index contributed by atoms with van der Waals surface area (Å²) >= 11 is 12.0. The van der Waals surface area contributed by atoms with Gasteiger partial charge in [-0.1, -0.05) is 29.3 Å². The molecule has 3 aromatic rings. The van der Waals surface area contributed by atoms with E-state index in [1.807, 2.05) is 18.2 Å². The molecule has 1 aliphatic heterocycles. The number of amides is 1. The highest BCUT2D eigenvalue weighted by atomic mass is 35.5. The highest BCUT2D eigenvalue weighted by Crippen LogP contribution is 2.28. The Bertz CT molecular complexity index is 1020. The predicted molar refractivity (Wildman–Crippen MR) is 116 cm³/mol. The van der Waals surface area contributed by atoms with Crippen molar-refractivity contribution in [3.05, 3.63) is 75.5 Å². The minimum Gasteiger partial charge on any atom is -0.470 e. The van der Waals surface area contributed by atoms with Crippen molar-refractivity contribution in [2.45, 2.75) is 19.7 Å². The maximum Gasteiger partial charge on any atom is 0.255 e. The van der Waals surface area contributed by atoms with Gasteiger partial charge in [0.05, 0.1) is 23.1 Å². The van der Waals surface area contributed by atoms with Crippen LogP contribution in [0.1, 0.15) is 21.5 Å². The topological polar surface area (TPSA) is 68.2 Å². The van der Waals surface area contributed by atoms with Gasteiger partial charge in [-0.15, -0.1) is 12.4 Å². The first-order valence-electron chi connectivity index (χ1n) is 8.83. The van der Waals surface area contributed by atoms with E-state index >= 15 is 0 Å². The zero-order valence-electron chi connectivity index (χ0n) is 15.3. The summed E-state index contributed by atoms with van der Waals surface area (Å²) in [5, 5.41) is 11.4. The second-order valence-corrected chi connectivity index (χ2v) is 7.32. The molecule has 0 unspecified atom stereocenters. The third-order valence-electron chi connectivity index (χ3n) is 4.49. The van der Waals surface area contributed by atoms with Gasteiger partial charge in [-0.25, -0.2) is 4.68 Å².